The van der Waals surface area contributed by atoms with Gasteiger partial charge in [-0.1, -0.05) is 15.9 Å². The monoisotopic (exact) mass is 506 g/mol. The van der Waals surface area contributed by atoms with Crippen LogP contribution in [0.15, 0.2) is 64.2 Å². The minimum absolute atomic E-state index is 0.00432. The number of halogens is 1. The number of hydrogen-bond acceptors (Lipinski definition) is 7. The summed E-state index contributed by atoms with van der Waals surface area (Å²) >= 11 is 3.40. The van der Waals surface area contributed by atoms with Gasteiger partial charge in [-0.05, 0) is 55.0 Å². The number of nitrogens with zero attached hydrogens (tertiary/aromatic N) is 2. The van der Waals surface area contributed by atoms with Crippen LogP contribution in [0.2, 0.25) is 0 Å². The van der Waals surface area contributed by atoms with Gasteiger partial charge >= 0.3 is 0 Å². The summed E-state index contributed by atoms with van der Waals surface area (Å²) in [7, 11) is -2.46. The number of ether oxygens (including phenoxy) is 2. The Labute approximate surface area is 188 Å². The molecule has 3 rings (SSSR count). The molecule has 3 aromatic rings. The smallest absolute Gasteiger partial charge is 0.263 e. The molecule has 0 aliphatic carbocycles. The van der Waals surface area contributed by atoms with E-state index in [9.17, 15) is 13.2 Å². The average Bonchev–Trinajstić information content (AvgIpc) is 2.75. The number of anilines is 2. The third kappa shape index (κ3) is 6.15. The van der Waals surface area contributed by atoms with Crippen molar-refractivity contribution in [2.75, 3.05) is 23.8 Å². The third-order valence-electron chi connectivity index (χ3n) is 4.04. The fraction of sp³-hybridized carbons (Fsp3) is 0.150. The number of nitrogens with one attached hydrogen (secondary N) is 2. The molecule has 0 saturated heterocycles. The third-order valence-corrected chi connectivity index (χ3v) is 6.30. The standard InChI is InChI=1S/C20H19BrN4O5S/c1-13-9-15(5-8-17(13)21)30-11-19(26)24-14-3-6-16(7-4-14)31(27,28)25-18-10-20(29-2)23-12-22-18/h3-10,12H,11H2,1-2H3,(H,24,26)(H,22,23,25). The van der Waals surface area contributed by atoms with Gasteiger partial charge < -0.3 is 14.8 Å². The highest BCUT2D eigenvalue weighted by Gasteiger charge is 2.16. The molecule has 1 aromatic heterocycles. The average molecular weight is 507 g/mol. The second-order valence-corrected chi connectivity index (χ2v) is 8.86. The fourth-order valence-electron chi connectivity index (χ4n) is 2.47. The molecule has 2 aromatic carbocycles. The largest absolute Gasteiger partial charge is 0.484 e. The van der Waals surface area contributed by atoms with Crippen LogP contribution in [0, 0.1) is 6.92 Å². The summed E-state index contributed by atoms with van der Waals surface area (Å²) in [5, 5.41) is 2.66. The quantitative estimate of drug-likeness (QED) is 0.480. The minimum atomic E-state index is -3.87. The fourth-order valence-corrected chi connectivity index (χ4v) is 3.72. The van der Waals surface area contributed by atoms with Crippen molar-refractivity contribution in [2.45, 2.75) is 11.8 Å². The number of benzene rings is 2. The summed E-state index contributed by atoms with van der Waals surface area (Å²) in [4.78, 5) is 19.8. The van der Waals surface area contributed by atoms with Crippen LogP contribution in [0.25, 0.3) is 0 Å². The molecule has 0 aliphatic rings. The Morgan fingerprint density at radius 2 is 1.84 bits per heavy atom. The Balaban J connectivity index is 1.59. The van der Waals surface area contributed by atoms with Crippen molar-refractivity contribution in [2.24, 2.45) is 0 Å². The molecule has 0 aliphatic heterocycles. The number of aromatic nitrogens is 2. The molecule has 162 valence electrons. The number of carbonyl (C=O) groups excluding carboxylic acids is 1. The summed E-state index contributed by atoms with van der Waals surface area (Å²) in [6, 6.07) is 12.5. The van der Waals surface area contributed by atoms with E-state index in [-0.39, 0.29) is 29.1 Å². The van der Waals surface area contributed by atoms with E-state index in [1.165, 1.54) is 43.8 Å². The van der Waals surface area contributed by atoms with Crippen LogP contribution in [0.1, 0.15) is 5.56 Å². The molecule has 1 heterocycles. The zero-order valence-electron chi connectivity index (χ0n) is 16.6. The van der Waals surface area contributed by atoms with E-state index in [1.807, 2.05) is 19.1 Å². The Bertz CT molecular complexity index is 1190. The molecule has 0 bridgehead atoms. The highest BCUT2D eigenvalue weighted by Crippen LogP contribution is 2.22. The molecule has 31 heavy (non-hydrogen) atoms. The van der Waals surface area contributed by atoms with Crippen LogP contribution in [0.5, 0.6) is 11.6 Å². The summed E-state index contributed by atoms with van der Waals surface area (Å²) in [5.41, 5.74) is 1.42. The van der Waals surface area contributed by atoms with Crippen LogP contribution in [0.3, 0.4) is 0 Å². The van der Waals surface area contributed by atoms with E-state index in [1.54, 1.807) is 6.07 Å². The topological polar surface area (TPSA) is 120 Å². The zero-order valence-corrected chi connectivity index (χ0v) is 19.0. The molecule has 0 fully saturated rings. The van der Waals surface area contributed by atoms with Crippen molar-refractivity contribution in [1.29, 1.82) is 0 Å². The van der Waals surface area contributed by atoms with Crippen LogP contribution < -0.4 is 19.5 Å². The van der Waals surface area contributed by atoms with Gasteiger partial charge in [-0.3, -0.25) is 9.52 Å². The van der Waals surface area contributed by atoms with Crippen molar-refractivity contribution in [3.63, 3.8) is 0 Å². The summed E-state index contributed by atoms with van der Waals surface area (Å²) < 4.78 is 38.8. The van der Waals surface area contributed by atoms with Crippen LogP contribution in [-0.4, -0.2) is 38.0 Å². The van der Waals surface area contributed by atoms with Crippen LogP contribution >= 0.6 is 15.9 Å². The molecule has 0 atom stereocenters. The zero-order chi connectivity index (χ0) is 22.4. The summed E-state index contributed by atoms with van der Waals surface area (Å²) in [6.45, 7) is 1.74. The Hall–Kier alpha value is -3.18. The predicted octanol–water partition coefficient (Wildman–Crippen LogP) is 3.37. The van der Waals surface area contributed by atoms with E-state index in [0.29, 0.717) is 11.4 Å². The van der Waals surface area contributed by atoms with Gasteiger partial charge in [-0.25, -0.2) is 18.4 Å². The molecule has 9 nitrogen and oxygen atoms in total. The second kappa shape index (κ2) is 9.75. The van der Waals surface area contributed by atoms with Gasteiger partial charge in [0.25, 0.3) is 15.9 Å². The first-order valence-corrected chi connectivity index (χ1v) is 11.2. The van der Waals surface area contributed by atoms with Gasteiger partial charge in [0.1, 0.15) is 17.9 Å². The first-order chi connectivity index (χ1) is 14.8. The lowest BCUT2D eigenvalue weighted by molar-refractivity contribution is -0.118. The van der Waals surface area contributed by atoms with Crippen LogP contribution in [0.4, 0.5) is 11.5 Å². The number of carbonyl (C=O) groups is 1. The molecule has 0 radical (unpaired) electrons. The number of sulfonamides is 1. The van der Waals surface area contributed by atoms with Crippen LogP contribution in [-0.2, 0) is 14.8 Å². The molecular formula is C20H19BrN4O5S. The van der Waals surface area contributed by atoms with Gasteiger partial charge in [0, 0.05) is 16.2 Å². The Kier molecular flexibility index (Phi) is 7.08. The molecule has 2 N–H and O–H groups in total. The van der Waals surface area contributed by atoms with Crippen molar-refractivity contribution >= 4 is 43.4 Å². The van der Waals surface area contributed by atoms with Gasteiger partial charge in [-0.2, -0.15) is 0 Å². The van der Waals surface area contributed by atoms with E-state index in [2.05, 4.69) is 35.9 Å². The highest BCUT2D eigenvalue weighted by molar-refractivity contribution is 9.10. The first kappa shape index (κ1) is 22.5. The van der Waals surface area contributed by atoms with E-state index in [4.69, 9.17) is 9.47 Å². The van der Waals surface area contributed by atoms with Gasteiger partial charge in [0.2, 0.25) is 5.88 Å². The summed E-state index contributed by atoms with van der Waals surface area (Å²) in [6.07, 6.45) is 1.19. The second-order valence-electron chi connectivity index (χ2n) is 6.32. The molecular weight excluding hydrogens is 488 g/mol. The van der Waals surface area contributed by atoms with Gasteiger partial charge in [-0.15, -0.1) is 0 Å². The van der Waals surface area contributed by atoms with E-state index < -0.39 is 10.0 Å². The number of methoxy groups -OCH3 is 1. The first-order valence-electron chi connectivity index (χ1n) is 8.94. The number of aryl methyl sites for hydroxylation is 1. The number of amides is 1. The lowest BCUT2D eigenvalue weighted by atomic mass is 10.2. The maximum Gasteiger partial charge on any atom is 0.263 e. The maximum absolute atomic E-state index is 12.5. The van der Waals surface area contributed by atoms with Crippen molar-refractivity contribution < 1.29 is 22.7 Å². The lowest BCUT2D eigenvalue weighted by Crippen LogP contribution is -2.20. The van der Waals surface area contributed by atoms with E-state index in [0.717, 1.165) is 10.0 Å². The van der Waals surface area contributed by atoms with Crippen molar-refractivity contribution in [1.82, 2.24) is 9.97 Å². The highest BCUT2D eigenvalue weighted by atomic mass is 79.9. The SMILES string of the molecule is COc1cc(NS(=O)(=O)c2ccc(NC(=O)COc3ccc(Br)c(C)c3)cc2)ncn1. The summed E-state index contributed by atoms with van der Waals surface area (Å²) in [5.74, 6) is 0.503. The van der Waals surface area contributed by atoms with Gasteiger partial charge in [0.15, 0.2) is 6.61 Å². The minimum Gasteiger partial charge on any atom is -0.484 e. The van der Waals surface area contributed by atoms with Crippen molar-refractivity contribution in [3.8, 4) is 11.6 Å². The van der Waals surface area contributed by atoms with Crippen molar-refractivity contribution in [3.05, 3.63) is 64.9 Å². The lowest BCUT2D eigenvalue weighted by Gasteiger charge is -2.10. The Morgan fingerprint density at radius 1 is 1.10 bits per heavy atom. The molecule has 0 spiro atoms. The number of hydrogen-bond donors (Lipinski definition) is 2. The van der Waals surface area contributed by atoms with Gasteiger partial charge in [0.05, 0.1) is 12.0 Å². The molecule has 0 unspecified atom stereocenters. The maximum atomic E-state index is 12.5. The molecule has 0 saturated carbocycles. The molecule has 1 amide bonds. The molecule has 11 heteroatoms. The predicted molar refractivity (Wildman–Crippen MR) is 119 cm³/mol. The normalized spacial score (nSPS) is 10.9. The Morgan fingerprint density at radius 3 is 2.52 bits per heavy atom. The number of rotatable bonds is 8. The van der Waals surface area contributed by atoms with E-state index >= 15 is 0 Å².